The van der Waals surface area contributed by atoms with E-state index in [-0.39, 0.29) is 17.1 Å². The van der Waals surface area contributed by atoms with Crippen LogP contribution in [0.25, 0.3) is 0 Å². The number of Topliss-reactive ketones (excluding diaryl/α,β-unsaturated/α-hetero) is 1. The zero-order valence-electron chi connectivity index (χ0n) is 11.7. The molecule has 2 nitrogen and oxygen atoms in total. The van der Waals surface area contributed by atoms with Gasteiger partial charge in [0, 0.05) is 17.9 Å². The number of allylic oxidation sites excluding steroid dienone is 2. The number of hydrogen-bond acceptors (Lipinski definition) is 2. The van der Waals surface area contributed by atoms with Gasteiger partial charge >= 0.3 is 0 Å². The molecule has 2 heteroatoms. The van der Waals surface area contributed by atoms with Crippen LogP contribution in [0.5, 0.6) is 0 Å². The first-order valence-electron chi connectivity index (χ1n) is 7.48. The first-order chi connectivity index (χ1) is 9.61. The summed E-state index contributed by atoms with van der Waals surface area (Å²) in [6.07, 6.45) is 5.22. The molecule has 0 saturated heterocycles. The number of fused-ring (bicyclic) bond motifs is 5. The van der Waals surface area contributed by atoms with Crippen molar-refractivity contribution < 1.29 is 9.59 Å². The zero-order valence-corrected chi connectivity index (χ0v) is 11.7. The molecule has 3 atom stereocenters. The van der Waals surface area contributed by atoms with Crippen molar-refractivity contribution in [3.8, 4) is 0 Å². The Morgan fingerprint density at radius 2 is 1.95 bits per heavy atom. The third-order valence-electron chi connectivity index (χ3n) is 5.68. The fourth-order valence-electron chi connectivity index (χ4n) is 4.63. The van der Waals surface area contributed by atoms with Crippen LogP contribution in [-0.4, -0.2) is 11.6 Å². The molecule has 0 N–H and O–H groups in total. The van der Waals surface area contributed by atoms with Gasteiger partial charge in [-0.1, -0.05) is 36.8 Å². The van der Waals surface area contributed by atoms with Gasteiger partial charge in [0.2, 0.25) is 0 Å². The van der Waals surface area contributed by atoms with Gasteiger partial charge in [-0.2, -0.15) is 0 Å². The number of carbonyl (C=O) groups is 2. The van der Waals surface area contributed by atoms with Crippen LogP contribution in [0.15, 0.2) is 35.9 Å². The quantitative estimate of drug-likeness (QED) is 0.718. The van der Waals surface area contributed by atoms with E-state index in [4.69, 9.17) is 0 Å². The maximum atomic E-state index is 12.9. The molecule has 1 aromatic carbocycles. The molecule has 1 saturated carbocycles. The highest BCUT2D eigenvalue weighted by Crippen LogP contribution is 2.59. The monoisotopic (exact) mass is 266 g/mol. The molecule has 4 rings (SSSR count). The minimum atomic E-state index is -0.104. The van der Waals surface area contributed by atoms with E-state index in [1.165, 1.54) is 11.1 Å². The Balaban J connectivity index is 1.86. The Morgan fingerprint density at radius 3 is 2.80 bits per heavy atom. The molecule has 0 aromatic heterocycles. The Bertz CT molecular complexity index is 655. The molecule has 20 heavy (non-hydrogen) atoms. The average molecular weight is 266 g/mol. The molecule has 0 radical (unpaired) electrons. The minimum absolute atomic E-state index is 0.0491. The summed E-state index contributed by atoms with van der Waals surface area (Å²) >= 11 is 0. The molecule has 1 fully saturated rings. The lowest BCUT2D eigenvalue weighted by molar-refractivity contribution is -0.116. The van der Waals surface area contributed by atoms with Crippen LogP contribution in [0, 0.1) is 11.3 Å². The Labute approximate surface area is 118 Å². The summed E-state index contributed by atoms with van der Waals surface area (Å²) in [5.74, 6) is 0.939. The number of ketones is 2. The molecule has 0 amide bonds. The van der Waals surface area contributed by atoms with Crippen LogP contribution in [0.1, 0.15) is 54.4 Å². The molecular weight excluding hydrogens is 248 g/mol. The largest absolute Gasteiger partial charge is 0.295 e. The second kappa shape index (κ2) is 3.91. The van der Waals surface area contributed by atoms with Crippen molar-refractivity contribution in [3.05, 3.63) is 47.0 Å². The summed E-state index contributed by atoms with van der Waals surface area (Å²) in [5, 5.41) is 0. The Kier molecular flexibility index (Phi) is 2.36. The minimum Gasteiger partial charge on any atom is -0.295 e. The molecule has 1 aromatic rings. The third-order valence-corrected chi connectivity index (χ3v) is 5.68. The first kappa shape index (κ1) is 12.1. The van der Waals surface area contributed by atoms with Gasteiger partial charge in [0.15, 0.2) is 11.6 Å². The van der Waals surface area contributed by atoms with Crippen molar-refractivity contribution in [2.75, 3.05) is 0 Å². The lowest BCUT2D eigenvalue weighted by atomic mass is 9.56. The maximum absolute atomic E-state index is 12.9. The summed E-state index contributed by atoms with van der Waals surface area (Å²) in [7, 11) is 0. The fourth-order valence-corrected chi connectivity index (χ4v) is 4.63. The van der Waals surface area contributed by atoms with E-state index in [2.05, 4.69) is 13.0 Å². The fraction of sp³-hybridized carbons (Fsp3) is 0.444. The van der Waals surface area contributed by atoms with Crippen LogP contribution in [0.4, 0.5) is 0 Å². The van der Waals surface area contributed by atoms with E-state index in [0.29, 0.717) is 18.1 Å². The Hall–Kier alpha value is -1.70. The number of rotatable bonds is 0. The summed E-state index contributed by atoms with van der Waals surface area (Å²) < 4.78 is 0. The molecular formula is C18H18O2. The predicted molar refractivity (Wildman–Crippen MR) is 76.7 cm³/mol. The van der Waals surface area contributed by atoms with Gasteiger partial charge in [-0.05, 0) is 42.2 Å². The van der Waals surface area contributed by atoms with E-state index in [0.717, 1.165) is 24.8 Å². The second-order valence-electron chi connectivity index (χ2n) is 6.63. The molecule has 102 valence electrons. The molecule has 3 aliphatic carbocycles. The molecule has 0 spiro atoms. The van der Waals surface area contributed by atoms with Gasteiger partial charge in [-0.3, -0.25) is 9.59 Å². The van der Waals surface area contributed by atoms with E-state index >= 15 is 0 Å². The normalized spacial score (nSPS) is 35.1. The predicted octanol–water partition coefficient (Wildman–Crippen LogP) is 3.67. The van der Waals surface area contributed by atoms with Crippen molar-refractivity contribution in [2.24, 2.45) is 11.3 Å². The summed E-state index contributed by atoms with van der Waals surface area (Å²) in [6.45, 7) is 2.20. The van der Waals surface area contributed by atoms with Crippen molar-refractivity contribution in [1.82, 2.24) is 0 Å². The second-order valence-corrected chi connectivity index (χ2v) is 6.63. The topological polar surface area (TPSA) is 34.1 Å². The van der Waals surface area contributed by atoms with E-state index in [1.807, 2.05) is 24.3 Å². The molecule has 0 aliphatic heterocycles. The van der Waals surface area contributed by atoms with Gasteiger partial charge in [-0.15, -0.1) is 0 Å². The highest BCUT2D eigenvalue weighted by atomic mass is 16.1. The molecule has 0 bridgehead atoms. The summed E-state index contributed by atoms with van der Waals surface area (Å²) in [5.41, 5.74) is 3.27. The average Bonchev–Trinajstić information content (AvgIpc) is 2.75. The SMILES string of the molecule is C[C@]12CCC(=O)C=C1CCC1c3ccccc3C(=O)C12. The lowest BCUT2D eigenvalue weighted by Crippen LogP contribution is -2.41. The maximum Gasteiger partial charge on any atom is 0.167 e. The summed E-state index contributed by atoms with van der Waals surface area (Å²) in [6, 6.07) is 8.07. The van der Waals surface area contributed by atoms with E-state index < -0.39 is 0 Å². The molecule has 3 aliphatic rings. The van der Waals surface area contributed by atoms with E-state index in [9.17, 15) is 9.59 Å². The summed E-state index contributed by atoms with van der Waals surface area (Å²) in [4.78, 5) is 24.6. The third kappa shape index (κ3) is 1.39. The van der Waals surface area contributed by atoms with Crippen molar-refractivity contribution in [1.29, 1.82) is 0 Å². The number of benzene rings is 1. The van der Waals surface area contributed by atoms with Crippen LogP contribution in [-0.2, 0) is 4.79 Å². The standard InChI is InChI=1S/C18H18O2/c1-18-9-8-12(19)10-11(18)6-7-14-13-4-2-3-5-15(13)17(20)16(14)18/h2-5,10,14,16H,6-9H2,1H3/t14?,16?,18-/m0/s1. The molecule has 0 heterocycles. The van der Waals surface area contributed by atoms with Crippen LogP contribution < -0.4 is 0 Å². The van der Waals surface area contributed by atoms with Crippen LogP contribution in [0.2, 0.25) is 0 Å². The van der Waals surface area contributed by atoms with Gasteiger partial charge in [0.25, 0.3) is 0 Å². The van der Waals surface area contributed by atoms with Crippen molar-refractivity contribution in [3.63, 3.8) is 0 Å². The van der Waals surface area contributed by atoms with Crippen molar-refractivity contribution in [2.45, 2.75) is 38.5 Å². The Morgan fingerprint density at radius 1 is 1.15 bits per heavy atom. The molecule has 2 unspecified atom stereocenters. The number of carbonyl (C=O) groups excluding carboxylic acids is 2. The smallest absolute Gasteiger partial charge is 0.167 e. The number of hydrogen-bond donors (Lipinski definition) is 0. The highest BCUT2D eigenvalue weighted by molar-refractivity contribution is 6.04. The van der Waals surface area contributed by atoms with Gasteiger partial charge in [0.1, 0.15) is 0 Å². The van der Waals surface area contributed by atoms with E-state index in [1.54, 1.807) is 0 Å². The van der Waals surface area contributed by atoms with Crippen molar-refractivity contribution >= 4 is 11.6 Å². The van der Waals surface area contributed by atoms with Crippen LogP contribution >= 0.6 is 0 Å². The van der Waals surface area contributed by atoms with Crippen LogP contribution in [0.3, 0.4) is 0 Å². The zero-order chi connectivity index (χ0) is 13.9. The highest BCUT2D eigenvalue weighted by Gasteiger charge is 2.54. The first-order valence-corrected chi connectivity index (χ1v) is 7.48. The lowest BCUT2D eigenvalue weighted by Gasteiger charge is -2.46. The van der Waals surface area contributed by atoms with Gasteiger partial charge in [0.05, 0.1) is 0 Å². The van der Waals surface area contributed by atoms with Gasteiger partial charge in [-0.25, -0.2) is 0 Å². The van der Waals surface area contributed by atoms with Gasteiger partial charge < -0.3 is 0 Å².